The van der Waals surface area contributed by atoms with Crippen molar-refractivity contribution in [3.8, 4) is 11.5 Å². The van der Waals surface area contributed by atoms with Gasteiger partial charge in [0.15, 0.2) is 5.43 Å². The van der Waals surface area contributed by atoms with E-state index in [0.29, 0.717) is 23.5 Å². The summed E-state index contributed by atoms with van der Waals surface area (Å²) < 4.78 is 10.8. The first-order valence-electron chi connectivity index (χ1n) is 6.00. The standard InChI is InChI=1S/C15H16O4/c1-9(2)4-5-18-11-6-12(16)14-13(7-11)19-8-10(3)15(14)17/h4,6-8,16H,5H2,1-3H3. The average molecular weight is 260 g/mol. The molecular formula is C15H16O4. The van der Waals surface area contributed by atoms with Gasteiger partial charge in [-0.1, -0.05) is 5.57 Å². The molecule has 0 aliphatic rings. The maximum absolute atomic E-state index is 11.9. The summed E-state index contributed by atoms with van der Waals surface area (Å²) in [6.45, 7) is 6.00. The van der Waals surface area contributed by atoms with Crippen LogP contribution in [0.25, 0.3) is 11.0 Å². The molecule has 0 aliphatic heterocycles. The molecule has 0 saturated heterocycles. The van der Waals surface area contributed by atoms with E-state index in [4.69, 9.17) is 9.15 Å². The molecule has 1 aromatic carbocycles. The van der Waals surface area contributed by atoms with Crippen LogP contribution in [-0.2, 0) is 0 Å². The van der Waals surface area contributed by atoms with Gasteiger partial charge in [-0.3, -0.25) is 4.79 Å². The second-order valence-corrected chi connectivity index (χ2v) is 4.66. The van der Waals surface area contributed by atoms with Gasteiger partial charge in [0.1, 0.15) is 29.1 Å². The Balaban J connectivity index is 2.43. The van der Waals surface area contributed by atoms with Crippen molar-refractivity contribution in [3.63, 3.8) is 0 Å². The Bertz CT molecular complexity index is 691. The van der Waals surface area contributed by atoms with E-state index < -0.39 is 0 Å². The Hall–Kier alpha value is -2.23. The summed E-state index contributed by atoms with van der Waals surface area (Å²) in [7, 11) is 0. The van der Waals surface area contributed by atoms with Gasteiger partial charge in [-0.25, -0.2) is 0 Å². The Morgan fingerprint density at radius 3 is 2.84 bits per heavy atom. The highest BCUT2D eigenvalue weighted by molar-refractivity contribution is 5.84. The normalized spacial score (nSPS) is 10.5. The lowest BCUT2D eigenvalue weighted by Crippen LogP contribution is -2.05. The summed E-state index contributed by atoms with van der Waals surface area (Å²) in [5.74, 6) is 0.344. The van der Waals surface area contributed by atoms with Gasteiger partial charge in [-0.2, -0.15) is 0 Å². The van der Waals surface area contributed by atoms with Crippen LogP contribution in [0.4, 0.5) is 0 Å². The first kappa shape index (κ1) is 13.2. The predicted octanol–water partition coefficient (Wildman–Crippen LogP) is 3.15. The molecule has 1 heterocycles. The molecule has 1 N–H and O–H groups in total. The second kappa shape index (κ2) is 5.18. The number of allylic oxidation sites excluding steroid dienone is 1. The topological polar surface area (TPSA) is 59.7 Å². The van der Waals surface area contributed by atoms with E-state index in [2.05, 4.69) is 0 Å². The molecule has 2 rings (SSSR count). The van der Waals surface area contributed by atoms with Crippen molar-refractivity contribution >= 4 is 11.0 Å². The Kier molecular flexibility index (Phi) is 3.60. The third kappa shape index (κ3) is 2.78. The van der Waals surface area contributed by atoms with Crippen molar-refractivity contribution in [2.45, 2.75) is 20.8 Å². The van der Waals surface area contributed by atoms with E-state index in [1.54, 1.807) is 13.0 Å². The van der Waals surface area contributed by atoms with Gasteiger partial charge in [0, 0.05) is 17.7 Å². The lowest BCUT2D eigenvalue weighted by Gasteiger charge is -2.07. The number of ether oxygens (including phenoxy) is 1. The third-order valence-electron chi connectivity index (χ3n) is 2.74. The molecule has 0 saturated carbocycles. The third-order valence-corrected chi connectivity index (χ3v) is 2.74. The Morgan fingerprint density at radius 1 is 1.42 bits per heavy atom. The first-order chi connectivity index (χ1) is 8.99. The number of aromatic hydroxyl groups is 1. The SMILES string of the molecule is CC(C)=CCOc1cc(O)c2c(=O)c(C)coc2c1. The number of benzene rings is 1. The van der Waals surface area contributed by atoms with Gasteiger partial charge in [-0.15, -0.1) is 0 Å². The number of rotatable bonds is 3. The van der Waals surface area contributed by atoms with Crippen molar-refractivity contribution in [1.82, 2.24) is 0 Å². The van der Waals surface area contributed by atoms with E-state index in [9.17, 15) is 9.90 Å². The number of aryl methyl sites for hydroxylation is 1. The zero-order chi connectivity index (χ0) is 14.0. The molecule has 0 atom stereocenters. The van der Waals surface area contributed by atoms with Gasteiger partial charge in [-0.05, 0) is 26.8 Å². The van der Waals surface area contributed by atoms with E-state index in [1.807, 2.05) is 19.9 Å². The van der Waals surface area contributed by atoms with Crippen molar-refractivity contribution in [2.24, 2.45) is 0 Å². The maximum Gasteiger partial charge on any atom is 0.199 e. The number of fused-ring (bicyclic) bond motifs is 1. The molecule has 0 unspecified atom stereocenters. The van der Waals surface area contributed by atoms with E-state index >= 15 is 0 Å². The summed E-state index contributed by atoms with van der Waals surface area (Å²) in [5.41, 5.74) is 1.70. The first-order valence-corrected chi connectivity index (χ1v) is 6.00. The van der Waals surface area contributed by atoms with Gasteiger partial charge >= 0.3 is 0 Å². The van der Waals surface area contributed by atoms with Gasteiger partial charge in [0.25, 0.3) is 0 Å². The van der Waals surface area contributed by atoms with E-state index in [-0.39, 0.29) is 16.6 Å². The highest BCUT2D eigenvalue weighted by atomic mass is 16.5. The molecule has 4 heteroatoms. The van der Waals surface area contributed by atoms with Crippen LogP contribution in [-0.4, -0.2) is 11.7 Å². The molecule has 0 amide bonds. The van der Waals surface area contributed by atoms with Crippen LogP contribution in [0.5, 0.6) is 11.5 Å². The van der Waals surface area contributed by atoms with E-state index in [1.165, 1.54) is 12.3 Å². The summed E-state index contributed by atoms with van der Waals surface area (Å²) in [5, 5.41) is 10.1. The van der Waals surface area contributed by atoms with Crippen LogP contribution in [0.3, 0.4) is 0 Å². The van der Waals surface area contributed by atoms with Crippen LogP contribution in [0.2, 0.25) is 0 Å². The molecule has 0 radical (unpaired) electrons. The highest BCUT2D eigenvalue weighted by Gasteiger charge is 2.11. The minimum Gasteiger partial charge on any atom is -0.507 e. The summed E-state index contributed by atoms with van der Waals surface area (Å²) >= 11 is 0. The molecule has 0 aliphatic carbocycles. The van der Waals surface area contributed by atoms with Crippen LogP contribution < -0.4 is 10.2 Å². The minimum atomic E-state index is -0.227. The quantitative estimate of drug-likeness (QED) is 0.861. The minimum absolute atomic E-state index is 0.123. The second-order valence-electron chi connectivity index (χ2n) is 4.66. The largest absolute Gasteiger partial charge is 0.507 e. The molecule has 0 fully saturated rings. The van der Waals surface area contributed by atoms with Crippen molar-refractivity contribution in [2.75, 3.05) is 6.61 Å². The highest BCUT2D eigenvalue weighted by Crippen LogP contribution is 2.28. The molecule has 0 bridgehead atoms. The van der Waals surface area contributed by atoms with E-state index in [0.717, 1.165) is 5.57 Å². The molecular weight excluding hydrogens is 244 g/mol. The Morgan fingerprint density at radius 2 is 2.16 bits per heavy atom. The van der Waals surface area contributed by atoms with Crippen LogP contribution >= 0.6 is 0 Å². The van der Waals surface area contributed by atoms with Crippen molar-refractivity contribution < 1.29 is 14.3 Å². The lowest BCUT2D eigenvalue weighted by molar-refractivity contribution is 0.358. The smallest absolute Gasteiger partial charge is 0.199 e. The van der Waals surface area contributed by atoms with Crippen molar-refractivity contribution in [1.29, 1.82) is 0 Å². The van der Waals surface area contributed by atoms with Crippen LogP contribution in [0, 0.1) is 6.92 Å². The van der Waals surface area contributed by atoms with Crippen LogP contribution in [0.1, 0.15) is 19.4 Å². The van der Waals surface area contributed by atoms with Gasteiger partial charge in [0.2, 0.25) is 0 Å². The zero-order valence-corrected chi connectivity index (χ0v) is 11.2. The number of hydrogen-bond acceptors (Lipinski definition) is 4. The molecule has 19 heavy (non-hydrogen) atoms. The molecule has 0 spiro atoms. The molecule has 100 valence electrons. The van der Waals surface area contributed by atoms with Gasteiger partial charge < -0.3 is 14.3 Å². The maximum atomic E-state index is 11.9. The van der Waals surface area contributed by atoms with Crippen LogP contribution in [0.15, 0.2) is 39.3 Å². The fourth-order valence-corrected chi connectivity index (χ4v) is 1.69. The predicted molar refractivity (Wildman–Crippen MR) is 73.8 cm³/mol. The molecule has 1 aromatic heterocycles. The Labute approximate surface area is 110 Å². The number of phenolic OH excluding ortho intramolecular Hbond substituents is 1. The summed E-state index contributed by atoms with van der Waals surface area (Å²) in [6, 6.07) is 3.03. The summed E-state index contributed by atoms with van der Waals surface area (Å²) in [6.07, 6.45) is 3.30. The molecule has 2 aromatic rings. The monoisotopic (exact) mass is 260 g/mol. The fraction of sp³-hybridized carbons (Fsp3) is 0.267. The lowest BCUT2D eigenvalue weighted by atomic mass is 10.1. The number of hydrogen-bond donors (Lipinski definition) is 1. The average Bonchev–Trinajstić information content (AvgIpc) is 2.33. The zero-order valence-electron chi connectivity index (χ0n) is 11.2. The van der Waals surface area contributed by atoms with Crippen molar-refractivity contribution in [3.05, 3.63) is 45.8 Å². The number of phenols is 1. The van der Waals surface area contributed by atoms with Gasteiger partial charge in [0.05, 0.1) is 6.26 Å². The molecule has 4 nitrogen and oxygen atoms in total. The summed E-state index contributed by atoms with van der Waals surface area (Å²) in [4.78, 5) is 11.9. The fourth-order valence-electron chi connectivity index (χ4n) is 1.69.